The molecule has 0 spiro atoms. The van der Waals surface area contributed by atoms with Gasteiger partial charge in [-0.15, -0.1) is 21.5 Å². The van der Waals surface area contributed by atoms with Crippen molar-refractivity contribution in [1.29, 1.82) is 0 Å². The smallest absolute Gasteiger partial charge is 0.234 e. The van der Waals surface area contributed by atoms with Crippen molar-refractivity contribution in [2.75, 3.05) is 11.1 Å². The zero-order valence-corrected chi connectivity index (χ0v) is 17.2. The summed E-state index contributed by atoms with van der Waals surface area (Å²) < 4.78 is 3.10. The normalized spacial score (nSPS) is 11.1. The summed E-state index contributed by atoms with van der Waals surface area (Å²) in [5, 5.41) is 13.1. The highest BCUT2D eigenvalue weighted by molar-refractivity contribution is 7.99. The maximum Gasteiger partial charge on any atom is 0.234 e. The maximum absolute atomic E-state index is 12.4. The number of aromatic nitrogens is 4. The second-order valence-electron chi connectivity index (χ2n) is 6.35. The van der Waals surface area contributed by atoms with E-state index in [2.05, 4.69) is 32.6 Å². The van der Waals surface area contributed by atoms with Crippen LogP contribution in [0.15, 0.2) is 53.7 Å². The summed E-state index contributed by atoms with van der Waals surface area (Å²) in [4.78, 5) is 16.8. The first-order valence-corrected chi connectivity index (χ1v) is 10.6. The predicted octanol–water partition coefficient (Wildman–Crippen LogP) is 4.28. The Labute approximate surface area is 171 Å². The van der Waals surface area contributed by atoms with E-state index in [9.17, 15) is 4.79 Å². The second-order valence-corrected chi connectivity index (χ2v) is 8.53. The molecule has 0 aliphatic carbocycles. The molecule has 1 N–H and O–H groups in total. The van der Waals surface area contributed by atoms with Gasteiger partial charge in [0.15, 0.2) is 5.16 Å². The van der Waals surface area contributed by atoms with Crippen LogP contribution in [0.25, 0.3) is 10.2 Å². The Balaban J connectivity index is 1.40. The molecule has 6 nitrogen and oxygen atoms in total. The lowest BCUT2D eigenvalue weighted by atomic mass is 10.2. The third kappa shape index (κ3) is 4.23. The number of thiazole rings is 1. The van der Waals surface area contributed by atoms with Gasteiger partial charge in [0.05, 0.1) is 27.5 Å². The highest BCUT2D eigenvalue weighted by Crippen LogP contribution is 2.25. The zero-order valence-electron chi connectivity index (χ0n) is 15.5. The molecule has 0 aliphatic rings. The fourth-order valence-corrected chi connectivity index (χ4v) is 4.51. The van der Waals surface area contributed by atoms with Gasteiger partial charge < -0.3 is 9.88 Å². The zero-order chi connectivity index (χ0) is 19.5. The van der Waals surface area contributed by atoms with Crippen molar-refractivity contribution in [2.24, 2.45) is 0 Å². The lowest BCUT2D eigenvalue weighted by Gasteiger charge is -2.09. The van der Waals surface area contributed by atoms with Crippen LogP contribution in [0, 0.1) is 13.8 Å². The number of anilines is 1. The van der Waals surface area contributed by atoms with Crippen molar-refractivity contribution in [1.82, 2.24) is 19.7 Å². The number of thioether (sulfide) groups is 1. The van der Waals surface area contributed by atoms with E-state index in [4.69, 9.17) is 0 Å². The van der Waals surface area contributed by atoms with E-state index < -0.39 is 0 Å². The van der Waals surface area contributed by atoms with E-state index in [0.717, 1.165) is 31.9 Å². The Bertz CT molecular complexity index is 1120. The summed E-state index contributed by atoms with van der Waals surface area (Å²) in [5.41, 5.74) is 2.91. The molecule has 0 bridgehead atoms. The number of nitrogens with zero attached hydrogens (tertiary/aromatic N) is 4. The van der Waals surface area contributed by atoms with Gasteiger partial charge in [-0.25, -0.2) is 4.98 Å². The second kappa shape index (κ2) is 8.12. The highest BCUT2D eigenvalue weighted by Gasteiger charge is 2.13. The molecule has 0 fully saturated rings. The standard InChI is InChI=1S/C20H19N5OS2/c1-13-23-24-20(25(13)11-15-6-4-3-5-7-15)27-12-19(26)22-16-8-9-17-18(10-16)28-14(2)21-17/h3-10H,11-12H2,1-2H3,(H,22,26). The lowest BCUT2D eigenvalue weighted by Crippen LogP contribution is -2.14. The first-order valence-electron chi connectivity index (χ1n) is 8.82. The molecule has 4 aromatic rings. The van der Waals surface area contributed by atoms with Gasteiger partial charge in [0.1, 0.15) is 5.82 Å². The van der Waals surface area contributed by atoms with Crippen molar-refractivity contribution in [3.8, 4) is 0 Å². The molecule has 0 aliphatic heterocycles. The molecule has 4 rings (SSSR count). The van der Waals surface area contributed by atoms with Crippen LogP contribution in [0.5, 0.6) is 0 Å². The molecule has 0 atom stereocenters. The van der Waals surface area contributed by atoms with Crippen LogP contribution in [-0.4, -0.2) is 31.4 Å². The van der Waals surface area contributed by atoms with E-state index in [1.807, 2.05) is 54.8 Å². The van der Waals surface area contributed by atoms with Crippen LogP contribution in [0.4, 0.5) is 5.69 Å². The molecular weight excluding hydrogens is 390 g/mol. The van der Waals surface area contributed by atoms with E-state index in [-0.39, 0.29) is 11.7 Å². The Morgan fingerprint density at radius 3 is 2.79 bits per heavy atom. The van der Waals surface area contributed by atoms with Crippen molar-refractivity contribution in [2.45, 2.75) is 25.5 Å². The van der Waals surface area contributed by atoms with Gasteiger partial charge in [0.25, 0.3) is 0 Å². The van der Waals surface area contributed by atoms with E-state index in [1.165, 1.54) is 17.3 Å². The van der Waals surface area contributed by atoms with Gasteiger partial charge in [-0.3, -0.25) is 4.79 Å². The third-order valence-electron chi connectivity index (χ3n) is 4.20. The van der Waals surface area contributed by atoms with Crippen LogP contribution < -0.4 is 5.32 Å². The number of aryl methyl sites for hydroxylation is 2. The van der Waals surface area contributed by atoms with Crippen LogP contribution in [-0.2, 0) is 11.3 Å². The number of fused-ring (bicyclic) bond motifs is 1. The molecule has 28 heavy (non-hydrogen) atoms. The van der Waals surface area contributed by atoms with E-state index in [1.54, 1.807) is 11.3 Å². The molecule has 8 heteroatoms. The number of carbonyl (C=O) groups excluding carboxylic acids is 1. The first-order chi connectivity index (χ1) is 13.6. The average Bonchev–Trinajstić information content (AvgIpc) is 3.22. The summed E-state index contributed by atoms with van der Waals surface area (Å²) in [6.45, 7) is 4.59. The largest absolute Gasteiger partial charge is 0.325 e. The van der Waals surface area contributed by atoms with Gasteiger partial charge in [-0.05, 0) is 37.6 Å². The monoisotopic (exact) mass is 409 g/mol. The molecule has 0 saturated carbocycles. The molecule has 0 radical (unpaired) electrons. The number of nitrogens with one attached hydrogen (secondary N) is 1. The van der Waals surface area contributed by atoms with E-state index >= 15 is 0 Å². The molecule has 0 saturated heterocycles. The van der Waals surface area contributed by atoms with Gasteiger partial charge in [-0.1, -0.05) is 42.1 Å². The summed E-state index contributed by atoms with van der Waals surface area (Å²) >= 11 is 3.01. The molecule has 0 unspecified atom stereocenters. The summed E-state index contributed by atoms with van der Waals surface area (Å²) in [5.74, 6) is 1.03. The highest BCUT2D eigenvalue weighted by atomic mass is 32.2. The summed E-state index contributed by atoms with van der Waals surface area (Å²) in [7, 11) is 0. The number of rotatable bonds is 6. The van der Waals surface area contributed by atoms with Crippen molar-refractivity contribution in [3.63, 3.8) is 0 Å². The van der Waals surface area contributed by atoms with Gasteiger partial charge in [0, 0.05) is 5.69 Å². The number of amides is 1. The Kier molecular flexibility index (Phi) is 5.40. The average molecular weight is 410 g/mol. The molecule has 2 aromatic carbocycles. The van der Waals surface area contributed by atoms with Gasteiger partial charge in [-0.2, -0.15) is 0 Å². The van der Waals surface area contributed by atoms with Crippen LogP contribution in [0.1, 0.15) is 16.4 Å². The number of benzene rings is 2. The van der Waals surface area contributed by atoms with Crippen molar-refractivity contribution in [3.05, 3.63) is 64.9 Å². The van der Waals surface area contributed by atoms with Crippen LogP contribution in [0.2, 0.25) is 0 Å². The predicted molar refractivity (Wildman–Crippen MR) is 114 cm³/mol. The SMILES string of the molecule is Cc1nc2ccc(NC(=O)CSc3nnc(C)n3Cc3ccccc3)cc2s1. The minimum Gasteiger partial charge on any atom is -0.325 e. The number of carbonyl (C=O) groups is 1. The van der Waals surface area contributed by atoms with E-state index in [0.29, 0.717) is 6.54 Å². The topological polar surface area (TPSA) is 72.7 Å². The third-order valence-corrected chi connectivity index (χ3v) is 6.10. The molecular formula is C20H19N5OS2. The maximum atomic E-state index is 12.4. The number of hydrogen-bond acceptors (Lipinski definition) is 6. The first kappa shape index (κ1) is 18.6. The van der Waals surface area contributed by atoms with Crippen LogP contribution >= 0.6 is 23.1 Å². The minimum absolute atomic E-state index is 0.0718. The summed E-state index contributed by atoms with van der Waals surface area (Å²) in [6.07, 6.45) is 0. The Hall–Kier alpha value is -2.71. The van der Waals surface area contributed by atoms with Gasteiger partial charge in [0.2, 0.25) is 5.91 Å². The van der Waals surface area contributed by atoms with Crippen molar-refractivity contribution >= 4 is 44.9 Å². The van der Waals surface area contributed by atoms with Gasteiger partial charge >= 0.3 is 0 Å². The van der Waals surface area contributed by atoms with Crippen molar-refractivity contribution < 1.29 is 4.79 Å². The fraction of sp³-hybridized carbons (Fsp3) is 0.200. The quantitative estimate of drug-likeness (QED) is 0.481. The Morgan fingerprint density at radius 2 is 1.96 bits per heavy atom. The molecule has 1 amide bonds. The van der Waals surface area contributed by atoms with Crippen LogP contribution in [0.3, 0.4) is 0 Å². The summed E-state index contributed by atoms with van der Waals surface area (Å²) in [6, 6.07) is 15.9. The molecule has 2 heterocycles. The minimum atomic E-state index is -0.0718. The number of hydrogen-bond donors (Lipinski definition) is 1. The molecule has 2 aromatic heterocycles. The fourth-order valence-electron chi connectivity index (χ4n) is 2.86. The molecule has 142 valence electrons. The lowest BCUT2D eigenvalue weighted by molar-refractivity contribution is -0.113. The Morgan fingerprint density at radius 1 is 1.14 bits per heavy atom.